The minimum Gasteiger partial charge on any atom is -0.420 e. The highest BCUT2D eigenvalue weighted by Crippen LogP contribution is 2.34. The number of nitrogens with zero attached hydrogens (tertiary/aromatic N) is 3. The molecule has 2 aliphatic heterocycles. The lowest BCUT2D eigenvalue weighted by Crippen LogP contribution is -2.46. The van der Waals surface area contributed by atoms with E-state index in [1.54, 1.807) is 23.1 Å². The van der Waals surface area contributed by atoms with Crippen LogP contribution in [0.5, 0.6) is 5.75 Å². The summed E-state index contributed by atoms with van der Waals surface area (Å²) in [7, 11) is -5.65. The maximum absolute atomic E-state index is 14.0. The zero-order valence-corrected chi connectivity index (χ0v) is 49.2. The normalized spacial score (nSPS) is 14.2. The molecule has 1 saturated heterocycles. The van der Waals surface area contributed by atoms with E-state index in [1.807, 2.05) is 44.2 Å². The number of aliphatic imine (C=N–C) groups is 1. The Bertz CT molecular complexity index is 2770. The van der Waals surface area contributed by atoms with Gasteiger partial charge in [-0.05, 0) is 61.6 Å². The number of nitrogens with two attached hydrogens (primary N) is 1. The quantitative estimate of drug-likeness (QED) is 0.0128. The number of esters is 1. The number of hydroxylamine groups is 2. The fourth-order valence-corrected chi connectivity index (χ4v) is 9.01. The van der Waals surface area contributed by atoms with Crippen LogP contribution in [0.2, 0.25) is 0 Å². The van der Waals surface area contributed by atoms with Crippen LogP contribution >= 0.6 is 0 Å². The second-order valence-corrected chi connectivity index (χ2v) is 20.2. The number of halogens is 4. The molecule has 0 aliphatic carbocycles. The Labute approximate surface area is 497 Å². The lowest BCUT2D eigenvalue weighted by Gasteiger charge is -2.24. The first-order valence-electron chi connectivity index (χ1n) is 28.2. The summed E-state index contributed by atoms with van der Waals surface area (Å²) in [6.07, 6.45) is 3.44. The van der Waals surface area contributed by atoms with E-state index < -0.39 is 62.5 Å². The van der Waals surface area contributed by atoms with Crippen LogP contribution in [0.25, 0.3) is 17.2 Å². The minimum absolute atomic E-state index is 0.0137. The van der Waals surface area contributed by atoms with Gasteiger partial charge in [0.15, 0.2) is 16.5 Å². The number of likely N-dealkylation sites (tertiary alicyclic amines) is 1. The summed E-state index contributed by atoms with van der Waals surface area (Å²) in [5.41, 5.74) is 10.4. The third kappa shape index (κ3) is 23.9. The number of amidine groups is 1. The summed E-state index contributed by atoms with van der Waals surface area (Å²) < 4.78 is 145. The van der Waals surface area contributed by atoms with E-state index in [9.17, 15) is 45.2 Å². The second kappa shape index (κ2) is 39.0. The molecule has 3 amide bonds. The molecule has 5 rings (SSSR count). The molecule has 4 N–H and O–H groups in total. The van der Waals surface area contributed by atoms with Crippen LogP contribution in [0.4, 0.5) is 23.2 Å². The molecule has 3 aromatic carbocycles. The first-order valence-corrected chi connectivity index (χ1v) is 29.6. The maximum atomic E-state index is 14.0. The Hall–Kier alpha value is -6.06. The monoisotopic (exact) mass is 1240 g/mol. The van der Waals surface area contributed by atoms with Crippen molar-refractivity contribution in [3.8, 4) is 16.9 Å². The second-order valence-electron chi connectivity index (χ2n) is 18.8. The summed E-state index contributed by atoms with van der Waals surface area (Å²) in [6.45, 7) is 11.1. The molecule has 478 valence electrons. The molecular formula is C57H77F4N5O19S. The van der Waals surface area contributed by atoms with Crippen LogP contribution in [0.15, 0.2) is 57.9 Å². The van der Waals surface area contributed by atoms with Gasteiger partial charge in [-0.3, -0.25) is 28.6 Å². The summed E-state index contributed by atoms with van der Waals surface area (Å²) in [6, 6.07) is 12.4. The largest absolute Gasteiger partial charge is 0.420 e. The number of hydrogen-bond donors (Lipinski definition) is 3. The number of ether oxygens (including phenoxy) is 11. The van der Waals surface area contributed by atoms with Gasteiger partial charge in [-0.2, -0.15) is 17.2 Å². The number of amides is 3. The number of nitrogens with one attached hydrogen (secondary N) is 1. The molecule has 0 saturated carbocycles. The zero-order valence-electron chi connectivity index (χ0n) is 48.3. The Morgan fingerprint density at radius 1 is 0.674 bits per heavy atom. The maximum Gasteiger partial charge on any atom is 0.313 e. The van der Waals surface area contributed by atoms with Gasteiger partial charge >= 0.3 is 16.1 Å². The van der Waals surface area contributed by atoms with E-state index in [2.05, 4.69) is 15.0 Å². The minimum atomic E-state index is -5.65. The van der Waals surface area contributed by atoms with Gasteiger partial charge in [0.1, 0.15) is 11.9 Å². The third-order valence-corrected chi connectivity index (χ3v) is 13.4. The van der Waals surface area contributed by atoms with Gasteiger partial charge in [0.2, 0.25) is 23.3 Å². The van der Waals surface area contributed by atoms with Crippen molar-refractivity contribution >= 4 is 51.4 Å². The lowest BCUT2D eigenvalue weighted by molar-refractivity contribution is -0.180. The van der Waals surface area contributed by atoms with Crippen molar-refractivity contribution in [2.75, 3.05) is 158 Å². The molecule has 0 bridgehead atoms. The van der Waals surface area contributed by atoms with Crippen molar-refractivity contribution in [1.29, 1.82) is 0 Å². The Morgan fingerprint density at radius 2 is 1.15 bits per heavy atom. The van der Waals surface area contributed by atoms with Gasteiger partial charge in [0.05, 0.1) is 151 Å². The Kier molecular flexibility index (Phi) is 32.0. The Balaban J connectivity index is 0.766. The standard InChI is InChI=1S/C57H77F4N5O19S/c1-3-15-66(84-4-2)57(70)44-37-43-12-11-42(38-45(43)64-47(62)39-44)40-7-9-41(10-8-40)56(69)65-16-5-6-46(65)55(68)63-14-18-75-20-22-77-24-26-79-28-30-81-32-34-83-36-35-82-33-31-80-29-27-78-25-23-76-21-19-74-17-13-48(67)85-53-49(58)51(60)54(86(71,72)73)52(61)50(53)59/h7-12,37-38,46H,3-6,13-36,39H2,1-2H3,(H2,62,64)(H,63,68)(H,71,72,73)/t46-/m0/s1. The van der Waals surface area contributed by atoms with Crippen LogP contribution in [-0.4, -0.2) is 217 Å². The first kappa shape index (κ1) is 70.7. The molecule has 0 spiro atoms. The van der Waals surface area contributed by atoms with E-state index in [0.717, 1.165) is 23.1 Å². The van der Waals surface area contributed by atoms with Crippen molar-refractivity contribution in [1.82, 2.24) is 15.3 Å². The molecule has 0 aromatic heterocycles. The molecule has 29 heteroatoms. The van der Waals surface area contributed by atoms with E-state index >= 15 is 0 Å². The molecule has 1 atom stereocenters. The molecule has 2 heterocycles. The highest BCUT2D eigenvalue weighted by Gasteiger charge is 2.36. The number of hydrogen-bond acceptors (Lipinski definition) is 20. The van der Waals surface area contributed by atoms with Gasteiger partial charge in [0.25, 0.3) is 11.8 Å². The highest BCUT2D eigenvalue weighted by molar-refractivity contribution is 7.85. The van der Waals surface area contributed by atoms with Crippen LogP contribution in [0.1, 0.15) is 61.9 Å². The van der Waals surface area contributed by atoms with Gasteiger partial charge < -0.3 is 68.1 Å². The SMILES string of the molecule is CCCN(OCC)C(=O)C1=Cc2ccc(-c3ccc(C(=O)N4CCC[C@H]4C(=O)NCCOCCOCCOCCOCCOCCOCCOCCOCCOCCOCCC(=O)Oc4c(F)c(F)c(S(=O)(=O)O)c(F)c4F)cc3)cc2N=C(N)C1. The number of fused-ring (bicyclic) bond motifs is 1. The van der Waals surface area contributed by atoms with Crippen LogP contribution in [0, 0.1) is 23.3 Å². The fraction of sp³-hybridized carbons (Fsp3) is 0.561. The third-order valence-electron chi connectivity index (χ3n) is 12.5. The van der Waals surface area contributed by atoms with Crippen LogP contribution in [-0.2, 0) is 76.7 Å². The number of benzene rings is 3. The molecule has 1 fully saturated rings. The molecule has 0 unspecified atom stereocenters. The summed E-state index contributed by atoms with van der Waals surface area (Å²) in [4.78, 5) is 61.5. The topological polar surface area (TPSA) is 290 Å². The van der Waals surface area contributed by atoms with Crippen LogP contribution < -0.4 is 15.8 Å². The van der Waals surface area contributed by atoms with E-state index in [1.165, 1.54) is 5.06 Å². The number of carbonyl (C=O) groups is 4. The molecular weight excluding hydrogens is 1170 g/mol. The van der Waals surface area contributed by atoms with Gasteiger partial charge in [-0.15, -0.1) is 0 Å². The van der Waals surface area contributed by atoms with Gasteiger partial charge in [0, 0.05) is 42.8 Å². The first-order chi connectivity index (χ1) is 41.5. The molecule has 86 heavy (non-hydrogen) atoms. The van der Waals surface area contributed by atoms with Crippen molar-refractivity contribution in [2.24, 2.45) is 10.7 Å². The van der Waals surface area contributed by atoms with Crippen molar-refractivity contribution in [3.63, 3.8) is 0 Å². The molecule has 0 radical (unpaired) electrons. The molecule has 24 nitrogen and oxygen atoms in total. The van der Waals surface area contributed by atoms with Crippen LogP contribution in [0.3, 0.4) is 0 Å². The predicted octanol–water partition coefficient (Wildman–Crippen LogP) is 5.01. The van der Waals surface area contributed by atoms with Gasteiger partial charge in [-0.1, -0.05) is 31.2 Å². The summed E-state index contributed by atoms with van der Waals surface area (Å²) in [5, 5.41) is 4.27. The van der Waals surface area contributed by atoms with E-state index in [-0.39, 0.29) is 70.3 Å². The van der Waals surface area contributed by atoms with Gasteiger partial charge in [-0.25, -0.2) is 18.8 Å². The zero-order chi connectivity index (χ0) is 62.1. The smallest absolute Gasteiger partial charge is 0.313 e. The van der Waals surface area contributed by atoms with Crippen molar-refractivity contribution in [2.45, 2.75) is 56.9 Å². The lowest BCUT2D eigenvalue weighted by atomic mass is 9.99. The van der Waals surface area contributed by atoms with Crippen molar-refractivity contribution in [3.05, 3.63) is 82.4 Å². The highest BCUT2D eigenvalue weighted by atomic mass is 32.2. The average Bonchev–Trinajstić information content (AvgIpc) is 1.29. The number of carbonyl (C=O) groups excluding carboxylic acids is 4. The van der Waals surface area contributed by atoms with E-state index in [0.29, 0.717) is 148 Å². The van der Waals surface area contributed by atoms with Crippen molar-refractivity contribution < 1.29 is 107 Å². The van der Waals surface area contributed by atoms with E-state index in [4.69, 9.17) is 62.5 Å². The summed E-state index contributed by atoms with van der Waals surface area (Å²) >= 11 is 0. The molecule has 2 aliphatic rings. The predicted molar refractivity (Wildman–Crippen MR) is 301 cm³/mol. The fourth-order valence-electron chi connectivity index (χ4n) is 8.38. The summed E-state index contributed by atoms with van der Waals surface area (Å²) in [5.74, 6) is -13.1. The number of rotatable bonds is 43. The molecule has 3 aromatic rings. The Morgan fingerprint density at radius 3 is 1.63 bits per heavy atom. The average molecular weight is 1240 g/mol.